The molecule has 1 unspecified atom stereocenters. The van der Waals surface area contributed by atoms with E-state index in [-0.39, 0.29) is 0 Å². The molecule has 0 aliphatic carbocycles. The quantitative estimate of drug-likeness (QED) is 0.788. The molecule has 92 valence electrons. The molecule has 2 rings (SSSR count). The van der Waals surface area contributed by atoms with Crippen LogP contribution in [0.1, 0.15) is 18.2 Å². The van der Waals surface area contributed by atoms with Gasteiger partial charge in [0.05, 0.1) is 5.41 Å². The van der Waals surface area contributed by atoms with Crippen LogP contribution < -0.4 is 0 Å². The largest absolute Gasteiger partial charge is 0.302 e. The number of halogens is 1. The number of carbonyl (C=O) groups excluding carboxylic acids is 1. The van der Waals surface area contributed by atoms with Gasteiger partial charge in [-0.25, -0.2) is 0 Å². The van der Waals surface area contributed by atoms with Gasteiger partial charge in [-0.2, -0.15) is 0 Å². The average molecular weight is 260 g/mol. The summed E-state index contributed by atoms with van der Waals surface area (Å²) in [5, 5.41) is 0.640. The molecule has 0 N–H and O–H groups in total. The van der Waals surface area contributed by atoms with Crippen LogP contribution in [0.5, 0.6) is 0 Å². The Labute approximate surface area is 112 Å². The second kappa shape index (κ2) is 5.32. The van der Waals surface area contributed by atoms with Gasteiger partial charge in [0.2, 0.25) is 0 Å². The lowest BCUT2D eigenvalue weighted by molar-refractivity contribution is -0.112. The fourth-order valence-electron chi connectivity index (χ4n) is 1.93. The van der Waals surface area contributed by atoms with E-state index in [0.717, 1.165) is 17.5 Å². The maximum Gasteiger partial charge on any atom is 0.130 e. The maximum atomic E-state index is 11.5. The Balaban J connectivity index is 2.34. The molecule has 0 saturated heterocycles. The number of rotatable bonds is 4. The van der Waals surface area contributed by atoms with Crippen LogP contribution in [0.15, 0.2) is 48.7 Å². The highest BCUT2D eigenvalue weighted by atomic mass is 35.5. The lowest BCUT2D eigenvalue weighted by Crippen LogP contribution is -2.27. The molecule has 2 nitrogen and oxygen atoms in total. The molecule has 18 heavy (non-hydrogen) atoms. The van der Waals surface area contributed by atoms with Crippen molar-refractivity contribution in [3.05, 3.63) is 64.9 Å². The monoisotopic (exact) mass is 259 g/mol. The van der Waals surface area contributed by atoms with E-state index in [0.29, 0.717) is 11.4 Å². The highest BCUT2D eigenvalue weighted by Gasteiger charge is 2.27. The fraction of sp³-hybridized carbons (Fsp3) is 0.200. The summed E-state index contributed by atoms with van der Waals surface area (Å²) < 4.78 is 0. The van der Waals surface area contributed by atoms with Crippen molar-refractivity contribution in [1.82, 2.24) is 4.98 Å². The molecule has 0 amide bonds. The zero-order valence-corrected chi connectivity index (χ0v) is 10.9. The predicted molar refractivity (Wildman–Crippen MR) is 72.8 cm³/mol. The summed E-state index contributed by atoms with van der Waals surface area (Å²) >= 11 is 5.98. The van der Waals surface area contributed by atoms with Crippen LogP contribution in [0.4, 0.5) is 0 Å². The summed E-state index contributed by atoms with van der Waals surface area (Å²) in [4.78, 5) is 15.7. The van der Waals surface area contributed by atoms with Crippen molar-refractivity contribution in [2.24, 2.45) is 0 Å². The average Bonchev–Trinajstić information content (AvgIpc) is 2.40. The lowest BCUT2D eigenvalue weighted by Gasteiger charge is -2.23. The molecule has 1 aromatic heterocycles. The van der Waals surface area contributed by atoms with Crippen LogP contribution in [0.25, 0.3) is 0 Å². The van der Waals surface area contributed by atoms with Crippen LogP contribution in [0.3, 0.4) is 0 Å². The molecule has 1 atom stereocenters. The molecule has 1 aromatic carbocycles. The predicted octanol–water partition coefficient (Wildman–Crippen LogP) is 3.43. The van der Waals surface area contributed by atoms with E-state index in [2.05, 4.69) is 4.98 Å². The minimum absolute atomic E-state index is 0.567. The summed E-state index contributed by atoms with van der Waals surface area (Å²) in [6, 6.07) is 13.1. The molecule has 1 heterocycles. The number of hydrogen-bond donors (Lipinski definition) is 0. The van der Waals surface area contributed by atoms with Crippen molar-refractivity contribution in [2.75, 3.05) is 0 Å². The normalized spacial score (nSPS) is 13.9. The molecule has 0 fully saturated rings. The van der Waals surface area contributed by atoms with E-state index in [1.54, 1.807) is 12.3 Å². The van der Waals surface area contributed by atoms with Gasteiger partial charge in [-0.15, -0.1) is 0 Å². The van der Waals surface area contributed by atoms with Crippen LogP contribution in [0.2, 0.25) is 5.02 Å². The van der Waals surface area contributed by atoms with Gasteiger partial charge in [0, 0.05) is 23.3 Å². The summed E-state index contributed by atoms with van der Waals surface area (Å²) in [5.41, 5.74) is 1.21. The van der Waals surface area contributed by atoms with Gasteiger partial charge in [-0.05, 0) is 36.8 Å². The molecule has 0 radical (unpaired) electrons. The Morgan fingerprint density at radius 2 is 2.11 bits per heavy atom. The van der Waals surface area contributed by atoms with Crippen molar-refractivity contribution in [2.45, 2.75) is 18.8 Å². The Morgan fingerprint density at radius 1 is 1.28 bits per heavy atom. The summed E-state index contributed by atoms with van der Waals surface area (Å²) in [5.74, 6) is 0. The third kappa shape index (κ3) is 2.77. The van der Waals surface area contributed by atoms with E-state index in [9.17, 15) is 4.79 Å². The number of hydrogen-bond acceptors (Lipinski definition) is 2. The third-order valence-electron chi connectivity index (χ3n) is 3.02. The van der Waals surface area contributed by atoms with Crippen molar-refractivity contribution in [3.63, 3.8) is 0 Å². The van der Waals surface area contributed by atoms with E-state index in [1.807, 2.05) is 43.3 Å². The van der Waals surface area contributed by atoms with Crippen LogP contribution in [0, 0.1) is 0 Å². The first-order valence-corrected chi connectivity index (χ1v) is 6.14. The van der Waals surface area contributed by atoms with Gasteiger partial charge in [0.25, 0.3) is 0 Å². The first-order chi connectivity index (χ1) is 8.64. The second-order valence-electron chi connectivity index (χ2n) is 4.54. The highest BCUT2D eigenvalue weighted by Crippen LogP contribution is 2.27. The topological polar surface area (TPSA) is 30.0 Å². The molecule has 0 saturated carbocycles. The number of pyridine rings is 1. The number of benzene rings is 1. The van der Waals surface area contributed by atoms with E-state index >= 15 is 0 Å². The van der Waals surface area contributed by atoms with Gasteiger partial charge >= 0.3 is 0 Å². The van der Waals surface area contributed by atoms with E-state index < -0.39 is 5.41 Å². The third-order valence-corrected chi connectivity index (χ3v) is 3.25. The van der Waals surface area contributed by atoms with Crippen LogP contribution in [-0.4, -0.2) is 11.3 Å². The number of aromatic nitrogens is 1. The van der Waals surface area contributed by atoms with Gasteiger partial charge < -0.3 is 4.79 Å². The Bertz CT molecular complexity index is 541. The number of nitrogens with zero attached hydrogens (tertiary/aromatic N) is 1. The first kappa shape index (κ1) is 12.8. The van der Waals surface area contributed by atoms with Crippen LogP contribution in [-0.2, 0) is 16.6 Å². The minimum atomic E-state index is -0.598. The van der Waals surface area contributed by atoms with E-state index in [1.165, 1.54) is 0 Å². The van der Waals surface area contributed by atoms with Gasteiger partial charge in [0.15, 0.2) is 0 Å². The second-order valence-corrected chi connectivity index (χ2v) is 4.98. The fourth-order valence-corrected chi connectivity index (χ4v) is 2.12. The number of carbonyl (C=O) groups is 1. The Hall–Kier alpha value is -1.67. The maximum absolute atomic E-state index is 11.5. The number of aldehydes is 1. The summed E-state index contributed by atoms with van der Waals surface area (Å²) in [7, 11) is 0. The van der Waals surface area contributed by atoms with Crippen molar-refractivity contribution < 1.29 is 4.79 Å². The highest BCUT2D eigenvalue weighted by molar-refractivity contribution is 6.30. The minimum Gasteiger partial charge on any atom is -0.302 e. The Kier molecular flexibility index (Phi) is 3.78. The summed E-state index contributed by atoms with van der Waals surface area (Å²) in [6.07, 6.45) is 3.27. The lowest BCUT2D eigenvalue weighted by atomic mass is 9.80. The standard InChI is InChI=1S/C15H14ClNO/c1-15(11-18,10-14-7-2-3-8-17-14)12-5-4-6-13(16)9-12/h2-9,11H,10H2,1H3. The van der Waals surface area contributed by atoms with Crippen molar-refractivity contribution in [1.29, 1.82) is 0 Å². The SMILES string of the molecule is CC(C=O)(Cc1ccccn1)c1cccc(Cl)c1. The molecule has 2 aromatic rings. The van der Waals surface area contributed by atoms with Gasteiger partial charge in [-0.1, -0.05) is 29.8 Å². The zero-order valence-electron chi connectivity index (χ0n) is 10.1. The van der Waals surface area contributed by atoms with Crippen LogP contribution >= 0.6 is 11.6 Å². The molecule has 0 bridgehead atoms. The molecule has 0 spiro atoms. The van der Waals surface area contributed by atoms with Gasteiger partial charge in [-0.3, -0.25) is 4.98 Å². The van der Waals surface area contributed by atoms with Crippen molar-refractivity contribution >= 4 is 17.9 Å². The Morgan fingerprint density at radius 3 is 2.72 bits per heavy atom. The zero-order chi connectivity index (χ0) is 13.0. The summed E-state index contributed by atoms with van der Waals surface area (Å²) in [6.45, 7) is 1.90. The van der Waals surface area contributed by atoms with E-state index in [4.69, 9.17) is 11.6 Å². The van der Waals surface area contributed by atoms with Crippen molar-refractivity contribution in [3.8, 4) is 0 Å². The molecular formula is C15H14ClNO. The smallest absolute Gasteiger partial charge is 0.130 e. The molecule has 3 heteroatoms. The molecular weight excluding hydrogens is 246 g/mol. The molecule has 0 aliphatic rings. The molecule has 0 aliphatic heterocycles. The first-order valence-electron chi connectivity index (χ1n) is 5.76. The van der Waals surface area contributed by atoms with Gasteiger partial charge in [0.1, 0.15) is 6.29 Å².